The molecule has 0 aliphatic carbocycles. The average Bonchev–Trinajstić information content (AvgIpc) is 3.33. The summed E-state index contributed by atoms with van der Waals surface area (Å²) in [7, 11) is 3.89. The van der Waals surface area contributed by atoms with Gasteiger partial charge in [-0.2, -0.15) is 5.10 Å². The Balaban J connectivity index is 1.49. The van der Waals surface area contributed by atoms with Crippen LogP contribution in [0.5, 0.6) is 0 Å². The number of nitrogens with one attached hydrogen (secondary N) is 1. The van der Waals surface area contributed by atoms with Gasteiger partial charge in [0.05, 0.1) is 12.7 Å². The second kappa shape index (κ2) is 9.20. The molecular formula is C20H25N5S. The van der Waals surface area contributed by atoms with Crippen molar-refractivity contribution in [3.63, 3.8) is 0 Å². The first kappa shape index (κ1) is 18.2. The van der Waals surface area contributed by atoms with Gasteiger partial charge in [0.15, 0.2) is 5.96 Å². The molecule has 0 amide bonds. The van der Waals surface area contributed by atoms with Crippen molar-refractivity contribution in [1.82, 2.24) is 20.0 Å². The highest BCUT2D eigenvalue weighted by Crippen LogP contribution is 2.09. The Hall–Kier alpha value is -2.60. The maximum absolute atomic E-state index is 4.45. The zero-order valence-electron chi connectivity index (χ0n) is 15.3. The van der Waals surface area contributed by atoms with Crippen LogP contribution in [0.25, 0.3) is 0 Å². The van der Waals surface area contributed by atoms with Crippen LogP contribution < -0.4 is 5.32 Å². The fourth-order valence-electron chi connectivity index (χ4n) is 2.76. The van der Waals surface area contributed by atoms with E-state index >= 15 is 0 Å². The molecule has 3 aromatic rings. The van der Waals surface area contributed by atoms with Gasteiger partial charge < -0.3 is 10.2 Å². The van der Waals surface area contributed by atoms with Crippen LogP contribution in [-0.4, -0.2) is 41.3 Å². The van der Waals surface area contributed by atoms with E-state index in [0.717, 1.165) is 31.0 Å². The summed E-state index contributed by atoms with van der Waals surface area (Å²) in [6.07, 6.45) is 5.03. The molecule has 0 spiro atoms. The number of aromatic nitrogens is 2. The first-order valence-corrected chi connectivity index (χ1v) is 9.62. The maximum Gasteiger partial charge on any atom is 0.193 e. The fourth-order valence-corrected chi connectivity index (χ4v) is 3.46. The summed E-state index contributed by atoms with van der Waals surface area (Å²) in [5, 5.41) is 9.99. The molecule has 5 nitrogen and oxygen atoms in total. The summed E-state index contributed by atoms with van der Waals surface area (Å²) >= 11 is 1.80. The molecule has 0 unspecified atom stereocenters. The van der Waals surface area contributed by atoms with Crippen LogP contribution >= 0.6 is 11.3 Å². The number of thiophene rings is 1. The second-order valence-corrected chi connectivity index (χ2v) is 7.22. The normalized spacial score (nSPS) is 11.5. The third-order valence-electron chi connectivity index (χ3n) is 4.17. The summed E-state index contributed by atoms with van der Waals surface area (Å²) in [6, 6.07) is 14.6. The van der Waals surface area contributed by atoms with Crippen LogP contribution in [-0.2, 0) is 19.5 Å². The summed E-state index contributed by atoms with van der Waals surface area (Å²) in [5.74, 6) is 0.900. The maximum atomic E-state index is 4.45. The van der Waals surface area contributed by atoms with Gasteiger partial charge in [0.2, 0.25) is 0 Å². The van der Waals surface area contributed by atoms with E-state index in [0.29, 0.717) is 6.54 Å². The monoisotopic (exact) mass is 367 g/mol. The molecule has 136 valence electrons. The number of benzene rings is 1. The fraction of sp³-hybridized carbons (Fsp3) is 0.300. The van der Waals surface area contributed by atoms with Crippen LogP contribution in [0, 0.1) is 0 Å². The number of nitrogens with zero attached hydrogens (tertiary/aromatic N) is 4. The van der Waals surface area contributed by atoms with Gasteiger partial charge >= 0.3 is 0 Å². The lowest BCUT2D eigenvalue weighted by molar-refractivity contribution is 0.486. The van der Waals surface area contributed by atoms with E-state index in [9.17, 15) is 0 Å². The summed E-state index contributed by atoms with van der Waals surface area (Å²) in [5.41, 5.74) is 2.40. The summed E-state index contributed by atoms with van der Waals surface area (Å²) < 4.78 is 1.97. The van der Waals surface area contributed by atoms with Crippen molar-refractivity contribution >= 4 is 17.3 Å². The van der Waals surface area contributed by atoms with Gasteiger partial charge in [-0.25, -0.2) is 0 Å². The van der Waals surface area contributed by atoms with Crippen LogP contribution in [0.15, 0.2) is 65.2 Å². The minimum atomic E-state index is 0.713. The molecule has 0 saturated heterocycles. The standard InChI is InChI=1S/C20H25N5S/c1-21-20(24(2)11-10-19-9-6-12-26-19)22-13-18-14-23-25(16-18)15-17-7-4-3-5-8-17/h3-9,12,14,16H,10-11,13,15H2,1-2H3,(H,21,22). The first-order chi connectivity index (χ1) is 12.7. The van der Waals surface area contributed by atoms with Crippen LogP contribution in [0.2, 0.25) is 0 Å². The van der Waals surface area contributed by atoms with Crippen molar-refractivity contribution in [2.45, 2.75) is 19.5 Å². The van der Waals surface area contributed by atoms with Crippen molar-refractivity contribution in [2.75, 3.05) is 20.6 Å². The molecule has 6 heteroatoms. The number of aliphatic imine (C=N–C) groups is 1. The average molecular weight is 368 g/mol. The number of hydrogen-bond acceptors (Lipinski definition) is 3. The highest BCUT2D eigenvalue weighted by atomic mass is 32.1. The highest BCUT2D eigenvalue weighted by Gasteiger charge is 2.07. The third-order valence-corrected chi connectivity index (χ3v) is 5.11. The Kier molecular flexibility index (Phi) is 6.44. The number of rotatable bonds is 7. The van der Waals surface area contributed by atoms with Crippen molar-refractivity contribution in [3.05, 3.63) is 76.2 Å². The van der Waals surface area contributed by atoms with Gasteiger partial charge in [-0.3, -0.25) is 9.67 Å². The smallest absolute Gasteiger partial charge is 0.193 e. The largest absolute Gasteiger partial charge is 0.352 e. The number of likely N-dealkylation sites (N-methyl/N-ethyl adjacent to an activating group) is 1. The molecule has 0 radical (unpaired) electrons. The highest BCUT2D eigenvalue weighted by molar-refractivity contribution is 7.09. The Labute approximate surface area is 159 Å². The molecular weight excluding hydrogens is 342 g/mol. The molecule has 0 fully saturated rings. The Morgan fingerprint density at radius 2 is 2.04 bits per heavy atom. The molecule has 2 heterocycles. The minimum absolute atomic E-state index is 0.713. The summed E-state index contributed by atoms with van der Waals surface area (Å²) in [6.45, 7) is 2.44. The Bertz CT molecular complexity index is 808. The zero-order valence-corrected chi connectivity index (χ0v) is 16.1. The van der Waals surface area contributed by atoms with Gasteiger partial charge in [0.25, 0.3) is 0 Å². The van der Waals surface area contributed by atoms with Gasteiger partial charge in [-0.15, -0.1) is 11.3 Å². The van der Waals surface area contributed by atoms with Gasteiger partial charge in [0, 0.05) is 43.8 Å². The van der Waals surface area contributed by atoms with Crippen LogP contribution in [0.4, 0.5) is 0 Å². The molecule has 1 N–H and O–H groups in total. The molecule has 1 aromatic carbocycles. The van der Waals surface area contributed by atoms with E-state index in [2.05, 4.69) is 75.3 Å². The zero-order chi connectivity index (χ0) is 18.2. The lowest BCUT2D eigenvalue weighted by Gasteiger charge is -2.21. The van der Waals surface area contributed by atoms with Gasteiger partial charge in [-0.05, 0) is 23.4 Å². The number of guanidine groups is 1. The lowest BCUT2D eigenvalue weighted by atomic mass is 10.2. The van der Waals surface area contributed by atoms with Crippen molar-refractivity contribution in [2.24, 2.45) is 4.99 Å². The molecule has 0 aliphatic rings. The Morgan fingerprint density at radius 3 is 2.77 bits per heavy atom. The second-order valence-electron chi connectivity index (χ2n) is 6.18. The quantitative estimate of drug-likeness (QED) is 0.515. The van der Waals surface area contributed by atoms with E-state index < -0.39 is 0 Å². The molecule has 3 rings (SSSR count). The third kappa shape index (κ3) is 5.20. The first-order valence-electron chi connectivity index (χ1n) is 8.74. The topological polar surface area (TPSA) is 45.5 Å². The SMILES string of the molecule is CN=C(NCc1cnn(Cc2ccccc2)c1)N(C)CCc1cccs1. The van der Waals surface area contributed by atoms with Crippen molar-refractivity contribution in [3.8, 4) is 0 Å². The molecule has 0 aliphatic heterocycles. The van der Waals surface area contributed by atoms with E-state index in [4.69, 9.17) is 0 Å². The predicted molar refractivity (Wildman–Crippen MR) is 109 cm³/mol. The van der Waals surface area contributed by atoms with Gasteiger partial charge in [-0.1, -0.05) is 36.4 Å². The van der Waals surface area contributed by atoms with Crippen LogP contribution in [0.1, 0.15) is 16.0 Å². The molecule has 0 atom stereocenters. The molecule has 0 saturated carbocycles. The lowest BCUT2D eigenvalue weighted by Crippen LogP contribution is -2.39. The van der Waals surface area contributed by atoms with E-state index in [1.807, 2.05) is 24.0 Å². The van der Waals surface area contributed by atoms with Gasteiger partial charge in [0.1, 0.15) is 0 Å². The predicted octanol–water partition coefficient (Wildman–Crippen LogP) is 3.24. The van der Waals surface area contributed by atoms with E-state index in [1.54, 1.807) is 11.3 Å². The van der Waals surface area contributed by atoms with E-state index in [-0.39, 0.29) is 0 Å². The molecule has 26 heavy (non-hydrogen) atoms. The minimum Gasteiger partial charge on any atom is -0.352 e. The van der Waals surface area contributed by atoms with Crippen molar-refractivity contribution < 1.29 is 0 Å². The molecule has 0 bridgehead atoms. The van der Waals surface area contributed by atoms with Crippen LogP contribution in [0.3, 0.4) is 0 Å². The summed E-state index contributed by atoms with van der Waals surface area (Å²) in [4.78, 5) is 7.94. The molecule has 2 aromatic heterocycles. The van der Waals surface area contributed by atoms with Crippen molar-refractivity contribution in [1.29, 1.82) is 0 Å². The van der Waals surface area contributed by atoms with E-state index in [1.165, 1.54) is 10.4 Å². The number of hydrogen-bond donors (Lipinski definition) is 1. The Morgan fingerprint density at radius 1 is 1.19 bits per heavy atom.